The fourth-order valence-corrected chi connectivity index (χ4v) is 4.42. The Morgan fingerprint density at radius 1 is 1.09 bits per heavy atom. The molecule has 0 saturated carbocycles. The number of hydrogen-bond donors (Lipinski definition) is 1. The SMILES string of the molecule is COc1cc(C#N)cc(-c2ccccc2)c1C(=O)N1C(C(=O)O)CCC1c1ccccc1F. The molecule has 2 atom stereocenters. The molecule has 7 heteroatoms. The molecule has 3 aromatic rings. The van der Waals surface area contributed by atoms with Crippen LogP contribution in [0.1, 0.15) is 40.4 Å². The monoisotopic (exact) mass is 444 g/mol. The Labute approximate surface area is 190 Å². The number of likely N-dealkylation sites (tertiary alicyclic amines) is 1. The molecule has 3 aromatic carbocycles. The molecule has 1 fully saturated rings. The summed E-state index contributed by atoms with van der Waals surface area (Å²) in [5, 5.41) is 19.3. The van der Waals surface area contributed by atoms with Gasteiger partial charge in [-0.25, -0.2) is 9.18 Å². The molecular formula is C26H21FN2O4. The van der Waals surface area contributed by atoms with Gasteiger partial charge in [-0.1, -0.05) is 48.5 Å². The molecule has 0 aliphatic carbocycles. The number of amides is 1. The van der Waals surface area contributed by atoms with Crippen LogP contribution in [0.5, 0.6) is 5.75 Å². The summed E-state index contributed by atoms with van der Waals surface area (Å²) in [7, 11) is 1.38. The molecule has 1 saturated heterocycles. The number of carboxylic acids is 1. The maximum absolute atomic E-state index is 14.7. The summed E-state index contributed by atoms with van der Waals surface area (Å²) >= 11 is 0. The zero-order valence-electron chi connectivity index (χ0n) is 17.9. The second kappa shape index (κ2) is 9.13. The Morgan fingerprint density at radius 2 is 1.79 bits per heavy atom. The lowest BCUT2D eigenvalue weighted by Gasteiger charge is -2.30. The zero-order valence-corrected chi connectivity index (χ0v) is 17.9. The van der Waals surface area contributed by atoms with Gasteiger partial charge in [0.15, 0.2) is 0 Å². The number of aliphatic carboxylic acids is 1. The standard InChI is InChI=1S/C26H21FN2O4/c1-33-23-14-16(15-28)13-19(17-7-3-2-4-8-17)24(23)25(30)29-21(11-12-22(29)26(31)32)18-9-5-6-10-20(18)27/h2-10,13-14,21-22H,11-12H2,1H3,(H,31,32). The van der Waals surface area contributed by atoms with Crippen molar-refractivity contribution in [2.75, 3.05) is 7.11 Å². The van der Waals surface area contributed by atoms with Gasteiger partial charge >= 0.3 is 5.97 Å². The fourth-order valence-electron chi connectivity index (χ4n) is 4.42. The number of hydrogen-bond acceptors (Lipinski definition) is 4. The lowest BCUT2D eigenvalue weighted by atomic mass is 9.94. The molecule has 1 N–H and O–H groups in total. The minimum atomic E-state index is -1.16. The molecule has 1 amide bonds. The lowest BCUT2D eigenvalue weighted by Crippen LogP contribution is -2.42. The summed E-state index contributed by atoms with van der Waals surface area (Å²) in [5.74, 6) is -2.09. The van der Waals surface area contributed by atoms with Crippen LogP contribution in [-0.4, -0.2) is 35.0 Å². The third-order valence-corrected chi connectivity index (χ3v) is 5.92. The Balaban J connectivity index is 1.92. The van der Waals surface area contributed by atoms with Gasteiger partial charge in [0.05, 0.1) is 30.3 Å². The van der Waals surface area contributed by atoms with Gasteiger partial charge in [0.25, 0.3) is 5.91 Å². The number of carboxylic acid groups (broad SMARTS) is 1. The Hall–Kier alpha value is -4.18. The molecule has 6 nitrogen and oxygen atoms in total. The maximum atomic E-state index is 14.7. The average molecular weight is 444 g/mol. The van der Waals surface area contributed by atoms with E-state index in [1.807, 2.05) is 6.07 Å². The molecule has 0 spiro atoms. The highest BCUT2D eigenvalue weighted by atomic mass is 19.1. The van der Waals surface area contributed by atoms with Crippen molar-refractivity contribution in [1.82, 2.24) is 4.90 Å². The number of nitriles is 1. The summed E-state index contributed by atoms with van der Waals surface area (Å²) < 4.78 is 20.1. The van der Waals surface area contributed by atoms with E-state index in [2.05, 4.69) is 6.07 Å². The number of carbonyl (C=O) groups excluding carboxylic acids is 1. The zero-order chi connectivity index (χ0) is 23.5. The summed E-state index contributed by atoms with van der Waals surface area (Å²) in [6, 6.07) is 18.3. The van der Waals surface area contributed by atoms with Crippen LogP contribution in [0.4, 0.5) is 4.39 Å². The number of benzene rings is 3. The second-order valence-electron chi connectivity index (χ2n) is 7.76. The van der Waals surface area contributed by atoms with E-state index >= 15 is 0 Å². The first-order valence-electron chi connectivity index (χ1n) is 10.4. The van der Waals surface area contributed by atoms with Crippen molar-refractivity contribution in [3.05, 3.63) is 89.2 Å². The first-order chi connectivity index (χ1) is 16.0. The molecule has 1 aliphatic heterocycles. The van der Waals surface area contributed by atoms with Crippen molar-refractivity contribution in [3.8, 4) is 22.9 Å². The van der Waals surface area contributed by atoms with E-state index in [9.17, 15) is 24.3 Å². The third kappa shape index (κ3) is 4.03. The summed E-state index contributed by atoms with van der Waals surface area (Å²) in [6.07, 6.45) is 0.502. The number of halogens is 1. The number of methoxy groups -OCH3 is 1. The van der Waals surface area contributed by atoms with E-state index in [0.717, 1.165) is 0 Å². The fraction of sp³-hybridized carbons (Fsp3) is 0.192. The van der Waals surface area contributed by atoms with Crippen LogP contribution < -0.4 is 4.74 Å². The molecule has 1 aliphatic rings. The van der Waals surface area contributed by atoms with Crippen LogP contribution in [0.3, 0.4) is 0 Å². The van der Waals surface area contributed by atoms with E-state index in [0.29, 0.717) is 23.1 Å². The summed E-state index contributed by atoms with van der Waals surface area (Å²) in [6.45, 7) is 0. The van der Waals surface area contributed by atoms with E-state index in [4.69, 9.17) is 4.74 Å². The summed E-state index contributed by atoms with van der Waals surface area (Å²) in [4.78, 5) is 27.3. The smallest absolute Gasteiger partial charge is 0.326 e. The average Bonchev–Trinajstić information content (AvgIpc) is 3.29. The van der Waals surface area contributed by atoms with Crippen molar-refractivity contribution in [1.29, 1.82) is 5.26 Å². The molecule has 0 bridgehead atoms. The van der Waals surface area contributed by atoms with Gasteiger partial charge in [-0.15, -0.1) is 0 Å². The molecule has 0 radical (unpaired) electrons. The van der Waals surface area contributed by atoms with E-state index in [1.54, 1.807) is 48.5 Å². The molecule has 166 valence electrons. The molecule has 33 heavy (non-hydrogen) atoms. The van der Waals surface area contributed by atoms with Gasteiger partial charge in [-0.05, 0) is 42.2 Å². The largest absolute Gasteiger partial charge is 0.496 e. The number of rotatable bonds is 5. The maximum Gasteiger partial charge on any atom is 0.326 e. The highest BCUT2D eigenvalue weighted by Crippen LogP contribution is 2.42. The Morgan fingerprint density at radius 3 is 2.42 bits per heavy atom. The van der Waals surface area contributed by atoms with Gasteiger partial charge < -0.3 is 14.7 Å². The predicted molar refractivity (Wildman–Crippen MR) is 119 cm³/mol. The molecule has 1 heterocycles. The summed E-state index contributed by atoms with van der Waals surface area (Å²) in [5.41, 5.74) is 1.81. The van der Waals surface area contributed by atoms with E-state index in [1.165, 1.54) is 24.1 Å². The van der Waals surface area contributed by atoms with Crippen LogP contribution >= 0.6 is 0 Å². The number of nitrogens with zero attached hydrogens (tertiary/aromatic N) is 2. The number of ether oxygens (including phenoxy) is 1. The minimum Gasteiger partial charge on any atom is -0.496 e. The molecule has 0 aromatic heterocycles. The van der Waals surface area contributed by atoms with Gasteiger partial charge in [-0.2, -0.15) is 5.26 Å². The van der Waals surface area contributed by atoms with Crippen molar-refractivity contribution < 1.29 is 23.8 Å². The second-order valence-corrected chi connectivity index (χ2v) is 7.76. The van der Waals surface area contributed by atoms with Crippen molar-refractivity contribution in [2.24, 2.45) is 0 Å². The third-order valence-electron chi connectivity index (χ3n) is 5.92. The van der Waals surface area contributed by atoms with E-state index < -0.39 is 29.8 Å². The Kier molecular flexibility index (Phi) is 6.09. The topological polar surface area (TPSA) is 90.6 Å². The minimum absolute atomic E-state index is 0.136. The number of carbonyl (C=O) groups is 2. The van der Waals surface area contributed by atoms with Crippen molar-refractivity contribution in [2.45, 2.75) is 24.9 Å². The normalized spacial score (nSPS) is 17.4. The van der Waals surface area contributed by atoms with Gasteiger partial charge in [0.2, 0.25) is 0 Å². The lowest BCUT2D eigenvalue weighted by molar-refractivity contribution is -0.141. The molecule has 4 rings (SSSR count). The molecule has 2 unspecified atom stereocenters. The van der Waals surface area contributed by atoms with Crippen LogP contribution in [0.15, 0.2) is 66.7 Å². The van der Waals surface area contributed by atoms with Crippen LogP contribution in [0.2, 0.25) is 0 Å². The van der Waals surface area contributed by atoms with Gasteiger partial charge in [-0.3, -0.25) is 4.79 Å². The van der Waals surface area contributed by atoms with Crippen LogP contribution in [0, 0.1) is 17.1 Å². The van der Waals surface area contributed by atoms with Crippen molar-refractivity contribution in [3.63, 3.8) is 0 Å². The quantitative estimate of drug-likeness (QED) is 0.610. The Bertz CT molecular complexity index is 1250. The van der Waals surface area contributed by atoms with Crippen molar-refractivity contribution >= 4 is 11.9 Å². The first kappa shape index (κ1) is 22.0. The van der Waals surface area contributed by atoms with Crippen LogP contribution in [0.25, 0.3) is 11.1 Å². The van der Waals surface area contributed by atoms with E-state index in [-0.39, 0.29) is 23.3 Å². The highest BCUT2D eigenvalue weighted by molar-refractivity contribution is 6.05. The predicted octanol–water partition coefficient (Wildman–Crippen LogP) is 4.80. The molecular weight excluding hydrogens is 423 g/mol. The van der Waals surface area contributed by atoms with Gasteiger partial charge in [0, 0.05) is 5.56 Å². The first-order valence-corrected chi connectivity index (χ1v) is 10.4. The van der Waals surface area contributed by atoms with Gasteiger partial charge in [0.1, 0.15) is 17.6 Å². The van der Waals surface area contributed by atoms with Crippen LogP contribution in [-0.2, 0) is 4.79 Å². The highest BCUT2D eigenvalue weighted by Gasteiger charge is 2.44.